The van der Waals surface area contributed by atoms with Gasteiger partial charge in [-0.2, -0.15) is 0 Å². The third kappa shape index (κ3) is 3.99. The summed E-state index contributed by atoms with van der Waals surface area (Å²) in [5, 5.41) is 0. The molecule has 2 saturated heterocycles. The molecule has 2 amide bonds. The van der Waals surface area contributed by atoms with E-state index in [1.165, 1.54) is 6.07 Å². The molecule has 0 aliphatic carbocycles. The first kappa shape index (κ1) is 19.5. The molecule has 2 aromatic rings. The molecule has 4 rings (SSSR count). The summed E-state index contributed by atoms with van der Waals surface area (Å²) in [5.41, 5.74) is 0.971. The predicted molar refractivity (Wildman–Crippen MR) is 103 cm³/mol. The van der Waals surface area contributed by atoms with Crippen molar-refractivity contribution in [3.8, 4) is 0 Å². The van der Waals surface area contributed by atoms with Gasteiger partial charge in [-0.3, -0.25) is 14.6 Å². The first-order valence-electron chi connectivity index (χ1n) is 9.99. The quantitative estimate of drug-likeness (QED) is 0.793. The zero-order chi connectivity index (χ0) is 20.4. The van der Waals surface area contributed by atoms with Gasteiger partial charge in [0, 0.05) is 44.0 Å². The maximum atomic E-state index is 13.9. The normalized spacial score (nSPS) is 20.1. The number of nitrogens with zero attached hydrogens (tertiary/aromatic N) is 3. The zero-order valence-corrected chi connectivity index (χ0v) is 16.1. The molecule has 2 aliphatic rings. The second kappa shape index (κ2) is 8.27. The number of rotatable bonds is 3. The number of amides is 2. The molecule has 0 N–H and O–H groups in total. The number of aromatic nitrogens is 1. The monoisotopic (exact) mass is 399 g/mol. The molecule has 5 nitrogen and oxygen atoms in total. The van der Waals surface area contributed by atoms with E-state index in [0.717, 1.165) is 37.1 Å². The van der Waals surface area contributed by atoms with Gasteiger partial charge in [0.15, 0.2) is 0 Å². The van der Waals surface area contributed by atoms with Gasteiger partial charge in [-0.15, -0.1) is 0 Å². The van der Waals surface area contributed by atoms with E-state index in [2.05, 4.69) is 4.98 Å². The van der Waals surface area contributed by atoms with E-state index in [9.17, 15) is 18.4 Å². The zero-order valence-electron chi connectivity index (χ0n) is 16.1. The molecule has 29 heavy (non-hydrogen) atoms. The molecule has 7 heteroatoms. The van der Waals surface area contributed by atoms with Crippen LogP contribution < -0.4 is 0 Å². The molecule has 0 saturated carbocycles. The Morgan fingerprint density at radius 3 is 2.38 bits per heavy atom. The summed E-state index contributed by atoms with van der Waals surface area (Å²) >= 11 is 0. The Morgan fingerprint density at radius 1 is 0.966 bits per heavy atom. The van der Waals surface area contributed by atoms with Crippen LogP contribution in [0.15, 0.2) is 42.7 Å². The third-order valence-corrected chi connectivity index (χ3v) is 5.92. The fourth-order valence-corrected chi connectivity index (χ4v) is 4.36. The van der Waals surface area contributed by atoms with Crippen molar-refractivity contribution in [3.63, 3.8) is 0 Å². The number of hydrogen-bond acceptors (Lipinski definition) is 3. The number of halogens is 2. The van der Waals surface area contributed by atoms with E-state index in [1.54, 1.807) is 17.3 Å². The van der Waals surface area contributed by atoms with E-state index in [1.807, 2.05) is 17.0 Å². The van der Waals surface area contributed by atoms with Gasteiger partial charge in [0.25, 0.3) is 5.91 Å². The molecule has 0 spiro atoms. The van der Waals surface area contributed by atoms with Gasteiger partial charge in [0.05, 0.1) is 11.6 Å². The van der Waals surface area contributed by atoms with Crippen molar-refractivity contribution in [1.82, 2.24) is 14.8 Å². The average molecular weight is 399 g/mol. The lowest BCUT2D eigenvalue weighted by atomic mass is 9.94. The van der Waals surface area contributed by atoms with E-state index < -0.39 is 17.5 Å². The van der Waals surface area contributed by atoms with Gasteiger partial charge in [0.1, 0.15) is 11.6 Å². The molecule has 0 radical (unpaired) electrons. The van der Waals surface area contributed by atoms with E-state index in [-0.39, 0.29) is 23.4 Å². The van der Waals surface area contributed by atoms with Crippen molar-refractivity contribution >= 4 is 11.8 Å². The van der Waals surface area contributed by atoms with Crippen LogP contribution in [0.4, 0.5) is 8.78 Å². The Morgan fingerprint density at radius 2 is 1.69 bits per heavy atom. The number of pyridine rings is 1. The number of carbonyl (C=O) groups excluding carboxylic acids is 2. The average Bonchev–Trinajstić information content (AvgIpc) is 3.23. The fraction of sp³-hybridized carbons (Fsp3) is 0.409. The highest BCUT2D eigenvalue weighted by molar-refractivity contribution is 5.94. The molecule has 3 heterocycles. The van der Waals surface area contributed by atoms with Crippen LogP contribution in [0.5, 0.6) is 0 Å². The summed E-state index contributed by atoms with van der Waals surface area (Å²) in [7, 11) is 0. The first-order chi connectivity index (χ1) is 14.0. The summed E-state index contributed by atoms with van der Waals surface area (Å²) in [6, 6.07) is 6.96. The Hall–Kier alpha value is -2.83. The van der Waals surface area contributed by atoms with E-state index in [0.29, 0.717) is 25.9 Å². The van der Waals surface area contributed by atoms with Gasteiger partial charge in [-0.05, 0) is 55.5 Å². The molecular formula is C22H23F2N3O2. The highest BCUT2D eigenvalue weighted by Gasteiger charge is 2.36. The van der Waals surface area contributed by atoms with Crippen LogP contribution in [0.3, 0.4) is 0 Å². The lowest BCUT2D eigenvalue weighted by molar-refractivity contribution is -0.137. The second-order valence-corrected chi connectivity index (χ2v) is 7.66. The predicted octanol–water partition coefficient (Wildman–Crippen LogP) is 3.58. The molecule has 1 atom stereocenters. The van der Waals surface area contributed by atoms with Gasteiger partial charge in [-0.25, -0.2) is 8.78 Å². The summed E-state index contributed by atoms with van der Waals surface area (Å²) < 4.78 is 27.0. The molecule has 152 valence electrons. The van der Waals surface area contributed by atoms with Gasteiger partial charge in [0.2, 0.25) is 5.91 Å². The number of piperidine rings is 1. The first-order valence-corrected chi connectivity index (χ1v) is 9.99. The summed E-state index contributed by atoms with van der Waals surface area (Å²) in [6.07, 6.45) is 6.50. The lowest BCUT2D eigenvalue weighted by Crippen LogP contribution is -2.44. The Bertz CT molecular complexity index is 898. The van der Waals surface area contributed by atoms with Crippen molar-refractivity contribution in [1.29, 1.82) is 0 Å². The molecule has 1 aromatic carbocycles. The minimum absolute atomic E-state index is 0.0819. The van der Waals surface area contributed by atoms with Crippen molar-refractivity contribution in [2.45, 2.75) is 31.7 Å². The highest BCUT2D eigenvalue weighted by atomic mass is 19.1. The smallest absolute Gasteiger partial charge is 0.256 e. The highest BCUT2D eigenvalue weighted by Crippen LogP contribution is 2.34. The van der Waals surface area contributed by atoms with Crippen LogP contribution in [-0.2, 0) is 4.79 Å². The molecule has 1 unspecified atom stereocenters. The van der Waals surface area contributed by atoms with Crippen LogP contribution in [0, 0.1) is 17.6 Å². The molecule has 2 aliphatic heterocycles. The Kier molecular flexibility index (Phi) is 5.56. The van der Waals surface area contributed by atoms with Crippen molar-refractivity contribution < 1.29 is 18.4 Å². The van der Waals surface area contributed by atoms with Crippen LogP contribution in [0.25, 0.3) is 0 Å². The largest absolute Gasteiger partial charge is 0.339 e. The summed E-state index contributed by atoms with van der Waals surface area (Å²) in [5.74, 6) is -2.03. The molecule has 0 bridgehead atoms. The van der Waals surface area contributed by atoms with E-state index >= 15 is 0 Å². The summed E-state index contributed by atoms with van der Waals surface area (Å²) in [4.78, 5) is 33.2. The van der Waals surface area contributed by atoms with Crippen LogP contribution in [-0.4, -0.2) is 46.2 Å². The third-order valence-electron chi connectivity index (χ3n) is 5.92. The SMILES string of the molecule is O=C(c1ccc(F)cc1F)N1CCC(C(=O)N2CCCC2c2ccncc2)CC1. The minimum atomic E-state index is -0.856. The number of carbonyl (C=O) groups is 2. The van der Waals surface area contributed by atoms with E-state index in [4.69, 9.17) is 0 Å². The number of benzene rings is 1. The maximum absolute atomic E-state index is 13.9. The molecule has 2 fully saturated rings. The van der Waals surface area contributed by atoms with Gasteiger partial charge in [-0.1, -0.05) is 0 Å². The maximum Gasteiger partial charge on any atom is 0.256 e. The Balaban J connectivity index is 1.39. The fourth-order valence-electron chi connectivity index (χ4n) is 4.36. The van der Waals surface area contributed by atoms with Crippen molar-refractivity contribution in [2.75, 3.05) is 19.6 Å². The van der Waals surface area contributed by atoms with Crippen LogP contribution in [0.1, 0.15) is 47.6 Å². The van der Waals surface area contributed by atoms with Crippen molar-refractivity contribution in [3.05, 3.63) is 65.5 Å². The topological polar surface area (TPSA) is 53.5 Å². The van der Waals surface area contributed by atoms with Gasteiger partial charge < -0.3 is 9.80 Å². The Labute approximate surface area is 168 Å². The number of likely N-dealkylation sites (tertiary alicyclic amines) is 2. The standard InChI is InChI=1S/C22H23F2N3O2/c23-17-3-4-18(19(24)14-17)22(29)26-12-7-16(8-13-26)21(28)27-11-1-2-20(27)15-5-9-25-10-6-15/h3-6,9-10,14,16,20H,1-2,7-8,11-13H2. The minimum Gasteiger partial charge on any atom is -0.339 e. The molecular weight excluding hydrogens is 376 g/mol. The molecule has 1 aromatic heterocycles. The summed E-state index contributed by atoms with van der Waals surface area (Å²) in [6.45, 7) is 1.52. The second-order valence-electron chi connectivity index (χ2n) is 7.66. The van der Waals surface area contributed by atoms with Gasteiger partial charge >= 0.3 is 0 Å². The lowest BCUT2D eigenvalue weighted by Gasteiger charge is -2.35. The van der Waals surface area contributed by atoms with Crippen molar-refractivity contribution in [2.24, 2.45) is 5.92 Å². The van der Waals surface area contributed by atoms with Crippen LogP contribution >= 0.6 is 0 Å². The van der Waals surface area contributed by atoms with Crippen LogP contribution in [0.2, 0.25) is 0 Å². The number of hydrogen-bond donors (Lipinski definition) is 0.